The van der Waals surface area contributed by atoms with Gasteiger partial charge in [-0.15, -0.1) is 0 Å². The fraction of sp³-hybridized carbons (Fsp3) is 0.300. The van der Waals surface area contributed by atoms with Gasteiger partial charge in [-0.05, 0) is 13.0 Å². The van der Waals surface area contributed by atoms with Crippen LogP contribution in [0.25, 0.3) is 28.0 Å². The first-order chi connectivity index (χ1) is 14.9. The molecule has 5 rings (SSSR count). The Hall–Kier alpha value is -4.20. The molecule has 5 heterocycles. The summed E-state index contributed by atoms with van der Waals surface area (Å²) in [6.45, 7) is 2.01. The van der Waals surface area contributed by atoms with Crippen molar-refractivity contribution < 1.29 is 9.90 Å². The molecule has 0 aliphatic carbocycles. The van der Waals surface area contributed by atoms with E-state index < -0.39 is 11.6 Å². The zero-order chi connectivity index (χ0) is 21.8. The van der Waals surface area contributed by atoms with Crippen LogP contribution in [-0.2, 0) is 12.6 Å². The average molecular weight is 417 g/mol. The van der Waals surface area contributed by atoms with Crippen LogP contribution in [0.2, 0.25) is 0 Å². The van der Waals surface area contributed by atoms with E-state index in [0.717, 1.165) is 16.6 Å². The zero-order valence-electron chi connectivity index (χ0n) is 16.9. The van der Waals surface area contributed by atoms with E-state index in [4.69, 9.17) is 4.98 Å². The number of likely N-dealkylation sites (tertiary alicyclic amines) is 1. The Balaban J connectivity index is 1.59. The van der Waals surface area contributed by atoms with Gasteiger partial charge in [0.2, 0.25) is 0 Å². The zero-order valence-corrected chi connectivity index (χ0v) is 16.9. The van der Waals surface area contributed by atoms with Crippen LogP contribution in [0.3, 0.4) is 0 Å². The number of aromatic nitrogens is 7. The number of amides is 1. The van der Waals surface area contributed by atoms with Gasteiger partial charge in [-0.2, -0.15) is 20.6 Å². The molecule has 31 heavy (non-hydrogen) atoms. The molecule has 1 aliphatic rings. The molecule has 11 nitrogen and oxygen atoms in total. The molecule has 0 aromatic carbocycles. The normalized spacial score (nSPS) is 20.5. The van der Waals surface area contributed by atoms with Crippen molar-refractivity contribution in [2.75, 3.05) is 6.54 Å². The van der Waals surface area contributed by atoms with Crippen LogP contribution in [0, 0.1) is 11.3 Å². The maximum atomic E-state index is 11.4. The highest BCUT2D eigenvalue weighted by Crippen LogP contribution is 2.39. The van der Waals surface area contributed by atoms with Crippen LogP contribution < -0.4 is 0 Å². The van der Waals surface area contributed by atoms with E-state index in [-0.39, 0.29) is 19.0 Å². The van der Waals surface area contributed by atoms with Crippen LogP contribution in [0.4, 0.5) is 4.79 Å². The van der Waals surface area contributed by atoms with E-state index in [1.165, 1.54) is 4.90 Å². The van der Waals surface area contributed by atoms with Gasteiger partial charge in [0.05, 0.1) is 66.8 Å². The van der Waals surface area contributed by atoms with Crippen molar-refractivity contribution in [1.82, 2.24) is 39.1 Å². The number of fused-ring (bicyclic) bond motifs is 1. The largest absolute Gasteiger partial charge is 0.465 e. The van der Waals surface area contributed by atoms with Gasteiger partial charge in [0.1, 0.15) is 5.54 Å². The molecule has 11 heteroatoms. The second-order valence-electron chi connectivity index (χ2n) is 7.74. The second-order valence-corrected chi connectivity index (χ2v) is 7.74. The van der Waals surface area contributed by atoms with Gasteiger partial charge in [-0.3, -0.25) is 9.36 Å². The summed E-state index contributed by atoms with van der Waals surface area (Å²) in [5.41, 5.74) is 3.14. The third kappa shape index (κ3) is 2.76. The summed E-state index contributed by atoms with van der Waals surface area (Å²) in [5.74, 6) is 0. The first-order valence-electron chi connectivity index (χ1n) is 9.68. The molecule has 1 unspecified atom stereocenters. The minimum Gasteiger partial charge on any atom is -0.465 e. The van der Waals surface area contributed by atoms with Crippen LogP contribution in [-0.4, -0.2) is 62.8 Å². The molecule has 1 N–H and O–H groups in total. The standard InChI is InChI=1S/C20H19N9O2/c1-13-20(4-5-21,12-27(13)19(30)31)29-10-15(8-24-29)18-17-3-6-22-28(17)11-16(25-18)14-7-23-26(2)9-14/h3,6-11,13H,4,12H2,1-2H3,(H,30,31)/t13-,20?/m1/s1. The molecular formula is C20H19N9O2. The van der Waals surface area contributed by atoms with E-state index >= 15 is 0 Å². The summed E-state index contributed by atoms with van der Waals surface area (Å²) >= 11 is 0. The van der Waals surface area contributed by atoms with E-state index in [0.29, 0.717) is 11.4 Å². The number of hydrogen-bond acceptors (Lipinski definition) is 6. The highest BCUT2D eigenvalue weighted by molar-refractivity contribution is 5.78. The first kappa shape index (κ1) is 18.8. The molecular weight excluding hydrogens is 398 g/mol. The molecule has 1 amide bonds. The van der Waals surface area contributed by atoms with Crippen LogP contribution in [0.5, 0.6) is 0 Å². The maximum Gasteiger partial charge on any atom is 0.407 e. The predicted octanol–water partition coefficient (Wildman–Crippen LogP) is 1.98. The lowest BCUT2D eigenvalue weighted by molar-refractivity contribution is -0.0409. The van der Waals surface area contributed by atoms with Crippen LogP contribution in [0.15, 0.2) is 43.2 Å². The van der Waals surface area contributed by atoms with E-state index in [9.17, 15) is 15.2 Å². The predicted molar refractivity (Wildman–Crippen MR) is 109 cm³/mol. The molecule has 4 aromatic heterocycles. The summed E-state index contributed by atoms with van der Waals surface area (Å²) in [6.07, 6.45) is 9.84. The average Bonchev–Trinajstić information content (AvgIpc) is 3.49. The molecule has 0 saturated carbocycles. The molecule has 4 aromatic rings. The van der Waals surface area contributed by atoms with E-state index in [1.54, 1.807) is 39.4 Å². The lowest BCUT2D eigenvalue weighted by Gasteiger charge is -2.53. The third-order valence-corrected chi connectivity index (χ3v) is 6.02. The van der Waals surface area contributed by atoms with Crippen molar-refractivity contribution in [3.05, 3.63) is 43.2 Å². The van der Waals surface area contributed by atoms with Crippen molar-refractivity contribution in [3.63, 3.8) is 0 Å². The van der Waals surface area contributed by atoms with Crippen molar-refractivity contribution in [2.24, 2.45) is 7.05 Å². The number of carbonyl (C=O) groups is 1. The topological polar surface area (TPSA) is 130 Å². The molecule has 0 spiro atoms. The molecule has 156 valence electrons. The lowest BCUT2D eigenvalue weighted by Crippen LogP contribution is -2.70. The number of hydrogen-bond donors (Lipinski definition) is 1. The van der Waals surface area contributed by atoms with Gasteiger partial charge in [0, 0.05) is 30.6 Å². The summed E-state index contributed by atoms with van der Waals surface area (Å²) in [7, 11) is 1.84. The highest BCUT2D eigenvalue weighted by atomic mass is 16.4. The van der Waals surface area contributed by atoms with Crippen molar-refractivity contribution in [2.45, 2.75) is 24.9 Å². The van der Waals surface area contributed by atoms with Gasteiger partial charge < -0.3 is 10.0 Å². The summed E-state index contributed by atoms with van der Waals surface area (Å²) < 4.78 is 5.17. The number of nitriles is 1. The Morgan fingerprint density at radius 3 is 2.74 bits per heavy atom. The Labute approximate surface area is 176 Å². The van der Waals surface area contributed by atoms with E-state index in [2.05, 4.69) is 21.4 Å². The van der Waals surface area contributed by atoms with Gasteiger partial charge in [-0.1, -0.05) is 0 Å². The van der Waals surface area contributed by atoms with Gasteiger partial charge >= 0.3 is 6.09 Å². The Morgan fingerprint density at radius 1 is 1.26 bits per heavy atom. The minimum atomic E-state index is -1.000. The van der Waals surface area contributed by atoms with Gasteiger partial charge in [0.25, 0.3) is 0 Å². The van der Waals surface area contributed by atoms with Crippen molar-refractivity contribution >= 4 is 11.6 Å². The maximum absolute atomic E-state index is 11.4. The van der Waals surface area contributed by atoms with Crippen LogP contribution >= 0.6 is 0 Å². The fourth-order valence-corrected chi connectivity index (χ4v) is 4.18. The smallest absolute Gasteiger partial charge is 0.407 e. The van der Waals surface area contributed by atoms with Crippen molar-refractivity contribution in [1.29, 1.82) is 5.26 Å². The summed E-state index contributed by atoms with van der Waals surface area (Å²) in [6, 6.07) is 3.68. The molecule has 2 atom stereocenters. The highest BCUT2D eigenvalue weighted by Gasteiger charge is 2.54. The van der Waals surface area contributed by atoms with Crippen LogP contribution in [0.1, 0.15) is 13.3 Å². The molecule has 0 radical (unpaired) electrons. The summed E-state index contributed by atoms with van der Waals surface area (Å²) in [5, 5.41) is 31.8. The fourth-order valence-electron chi connectivity index (χ4n) is 4.18. The third-order valence-electron chi connectivity index (χ3n) is 6.02. The Bertz CT molecular complexity index is 1340. The second kappa shape index (κ2) is 6.66. The number of nitrogens with zero attached hydrogens (tertiary/aromatic N) is 9. The Kier molecular flexibility index (Phi) is 4.04. The lowest BCUT2D eigenvalue weighted by atomic mass is 9.79. The molecule has 1 saturated heterocycles. The van der Waals surface area contributed by atoms with Gasteiger partial charge in [0.15, 0.2) is 0 Å². The summed E-state index contributed by atoms with van der Waals surface area (Å²) in [4.78, 5) is 17.6. The first-order valence-corrected chi connectivity index (χ1v) is 9.68. The molecule has 0 bridgehead atoms. The number of aryl methyl sites for hydroxylation is 1. The van der Waals surface area contributed by atoms with Gasteiger partial charge in [-0.25, -0.2) is 14.3 Å². The Morgan fingerprint density at radius 2 is 2.06 bits per heavy atom. The van der Waals surface area contributed by atoms with Crippen molar-refractivity contribution in [3.8, 4) is 28.6 Å². The SMILES string of the molecule is C[C@H]1N(C(=O)O)CC1(CC#N)n1cc(-c2nc(-c3cnn(C)c3)cn3nccc23)cn1. The quantitative estimate of drug-likeness (QED) is 0.537. The molecule has 1 aliphatic heterocycles. The van der Waals surface area contributed by atoms with E-state index in [1.807, 2.05) is 31.7 Å². The molecule has 1 fully saturated rings. The monoisotopic (exact) mass is 417 g/mol. The minimum absolute atomic E-state index is 0.157. The number of rotatable bonds is 4. The number of carboxylic acid groups (broad SMARTS) is 1.